The largest absolute Gasteiger partial charge is 1.00 e. The van der Waals surface area contributed by atoms with Crippen LogP contribution in [-0.4, -0.2) is 24.4 Å². The summed E-state index contributed by atoms with van der Waals surface area (Å²) in [5.74, 6) is 0. The van der Waals surface area contributed by atoms with Crippen molar-refractivity contribution < 1.29 is 40.8 Å². The molecule has 2 atom stereocenters. The molecule has 0 rings (SSSR count). The quantitative estimate of drug-likeness (QED) is 0.290. The number of methoxy groups -OCH3 is 1. The van der Waals surface area contributed by atoms with E-state index >= 15 is 0 Å². The molecular formula is C23H51NaO2. The van der Waals surface area contributed by atoms with Gasteiger partial charge in [-0.05, 0) is 25.7 Å². The molecule has 0 aromatic rings. The third-order valence-corrected chi connectivity index (χ3v) is 4.84. The Hall–Kier alpha value is 0.920. The van der Waals surface area contributed by atoms with Gasteiger partial charge in [0.1, 0.15) is 0 Å². The first-order valence-corrected chi connectivity index (χ1v) is 11.4. The van der Waals surface area contributed by atoms with Gasteiger partial charge in [-0.2, -0.15) is 0 Å². The summed E-state index contributed by atoms with van der Waals surface area (Å²) in [6, 6.07) is 0. The van der Waals surface area contributed by atoms with Crippen LogP contribution in [0.15, 0.2) is 0 Å². The Kier molecular flexibility index (Phi) is 34.2. The number of rotatable bonds is 17. The zero-order chi connectivity index (χ0) is 19.2. The maximum Gasteiger partial charge on any atom is 1.00 e. The van der Waals surface area contributed by atoms with Gasteiger partial charge in [0.25, 0.3) is 0 Å². The zero-order valence-corrected chi connectivity index (χ0v) is 21.3. The summed E-state index contributed by atoms with van der Waals surface area (Å²) in [5.41, 5.74) is 0. The number of unbranched alkanes of at least 4 members (excludes halogenated alkanes) is 8. The van der Waals surface area contributed by atoms with Crippen molar-refractivity contribution in [3.05, 3.63) is 0 Å². The van der Waals surface area contributed by atoms with E-state index in [1.807, 2.05) is 7.11 Å². The van der Waals surface area contributed by atoms with Gasteiger partial charge in [-0.15, -0.1) is 0 Å². The fourth-order valence-electron chi connectivity index (χ4n) is 3.14. The Morgan fingerprint density at radius 2 is 1.08 bits per heavy atom. The molecule has 0 aliphatic heterocycles. The van der Waals surface area contributed by atoms with Gasteiger partial charge in [-0.3, -0.25) is 0 Å². The third-order valence-electron chi connectivity index (χ3n) is 4.84. The summed E-state index contributed by atoms with van der Waals surface area (Å²) in [7, 11) is 1.84. The van der Waals surface area contributed by atoms with Gasteiger partial charge in [-0.25, -0.2) is 0 Å². The topological polar surface area (TPSA) is 29.5 Å². The Bertz CT molecular complexity index is 230. The molecule has 156 valence electrons. The van der Waals surface area contributed by atoms with Gasteiger partial charge in [0.2, 0.25) is 0 Å². The van der Waals surface area contributed by atoms with E-state index in [1.165, 1.54) is 83.5 Å². The van der Waals surface area contributed by atoms with Crippen LogP contribution < -0.4 is 29.6 Å². The number of hydrogen-bond acceptors (Lipinski definition) is 2. The Balaban J connectivity index is -0.000000183. The number of aliphatic hydroxyl groups is 1. The van der Waals surface area contributed by atoms with Crippen molar-refractivity contribution in [2.24, 2.45) is 0 Å². The van der Waals surface area contributed by atoms with Crippen molar-refractivity contribution in [2.45, 2.75) is 143 Å². The molecule has 26 heavy (non-hydrogen) atoms. The molecule has 0 amide bonds. The number of ether oxygens (including phenoxy) is 1. The van der Waals surface area contributed by atoms with Crippen LogP contribution in [0.5, 0.6) is 0 Å². The molecule has 0 aromatic carbocycles. The van der Waals surface area contributed by atoms with Gasteiger partial charge in [-0.1, -0.05) is 105 Å². The van der Waals surface area contributed by atoms with Crippen LogP contribution in [0, 0.1) is 0 Å². The van der Waals surface area contributed by atoms with Crippen molar-refractivity contribution in [2.75, 3.05) is 7.11 Å². The molecule has 0 spiro atoms. The molecule has 0 saturated carbocycles. The molecule has 0 saturated heterocycles. The third kappa shape index (κ3) is 27.1. The summed E-state index contributed by atoms with van der Waals surface area (Å²) in [5, 5.41) is 9.41. The minimum absolute atomic E-state index is 0. The van der Waals surface area contributed by atoms with Crippen LogP contribution in [0.25, 0.3) is 0 Å². The van der Waals surface area contributed by atoms with Crippen LogP contribution in [0.4, 0.5) is 0 Å². The van der Waals surface area contributed by atoms with Crippen molar-refractivity contribution >= 4 is 0 Å². The van der Waals surface area contributed by atoms with Crippen LogP contribution in [-0.2, 0) is 4.74 Å². The van der Waals surface area contributed by atoms with Crippen molar-refractivity contribution in [1.82, 2.24) is 0 Å². The van der Waals surface area contributed by atoms with E-state index in [-0.39, 0.29) is 37.1 Å². The van der Waals surface area contributed by atoms with E-state index in [9.17, 15) is 5.11 Å². The fraction of sp³-hybridized carbons (Fsp3) is 1.00. The van der Waals surface area contributed by atoms with Crippen LogP contribution >= 0.6 is 0 Å². The van der Waals surface area contributed by atoms with Crippen LogP contribution in [0.2, 0.25) is 0 Å². The molecule has 1 N–H and O–H groups in total. The van der Waals surface area contributed by atoms with Gasteiger partial charge < -0.3 is 11.3 Å². The molecule has 3 heteroatoms. The fourth-order valence-corrected chi connectivity index (χ4v) is 3.14. The Morgan fingerprint density at radius 3 is 1.50 bits per heavy atom. The van der Waals surface area contributed by atoms with Crippen LogP contribution in [0.1, 0.15) is 132 Å². The minimum Gasteiger partial charge on any atom is -1.00 e. The maximum absolute atomic E-state index is 9.41. The van der Waals surface area contributed by atoms with Crippen LogP contribution in [0.3, 0.4) is 0 Å². The smallest absolute Gasteiger partial charge is 1.00 e. The first-order chi connectivity index (χ1) is 12.2. The van der Waals surface area contributed by atoms with Gasteiger partial charge in [0, 0.05) is 7.11 Å². The second-order valence-electron chi connectivity index (χ2n) is 7.49. The molecule has 0 radical (unpaired) electrons. The molecule has 0 bridgehead atoms. The number of aliphatic hydroxyl groups excluding tert-OH is 1. The molecule has 0 aromatic heterocycles. The molecule has 0 heterocycles. The van der Waals surface area contributed by atoms with Gasteiger partial charge >= 0.3 is 29.6 Å². The SMILES string of the molecule is CCCCCCC[C@@H](O)CCC.CCCCCCC[C@H](CCC)OC.[H-].[Na+]. The Labute approximate surface area is 190 Å². The Morgan fingerprint density at radius 1 is 0.615 bits per heavy atom. The van der Waals surface area contributed by atoms with Crippen molar-refractivity contribution in [3.63, 3.8) is 0 Å². The average Bonchev–Trinajstić information content (AvgIpc) is 2.61. The van der Waals surface area contributed by atoms with Gasteiger partial charge in [0.15, 0.2) is 0 Å². The normalized spacial score (nSPS) is 12.7. The molecule has 0 unspecified atom stereocenters. The van der Waals surface area contributed by atoms with E-state index in [0.717, 1.165) is 19.3 Å². The van der Waals surface area contributed by atoms with E-state index in [2.05, 4.69) is 27.7 Å². The molecule has 0 aliphatic carbocycles. The van der Waals surface area contributed by atoms with Crippen molar-refractivity contribution in [1.29, 1.82) is 0 Å². The zero-order valence-electron chi connectivity index (χ0n) is 20.3. The van der Waals surface area contributed by atoms with Gasteiger partial charge in [0.05, 0.1) is 12.2 Å². The second-order valence-corrected chi connectivity index (χ2v) is 7.49. The molecule has 0 fully saturated rings. The van der Waals surface area contributed by atoms with E-state index in [4.69, 9.17) is 4.74 Å². The summed E-state index contributed by atoms with van der Waals surface area (Å²) < 4.78 is 5.40. The molecular weight excluding hydrogens is 331 g/mol. The maximum atomic E-state index is 9.41. The van der Waals surface area contributed by atoms with E-state index in [0.29, 0.717) is 6.10 Å². The second kappa shape index (κ2) is 28.1. The number of hydrogen-bond donors (Lipinski definition) is 1. The first kappa shape index (κ1) is 31.6. The van der Waals surface area contributed by atoms with E-state index < -0.39 is 0 Å². The minimum atomic E-state index is -0.0309. The first-order valence-electron chi connectivity index (χ1n) is 11.4. The monoisotopic (exact) mass is 382 g/mol. The predicted octanol–water partition coefficient (Wildman–Crippen LogP) is 4.79. The summed E-state index contributed by atoms with van der Waals surface area (Å²) in [6.07, 6.45) is 20.7. The van der Waals surface area contributed by atoms with Crippen molar-refractivity contribution in [3.8, 4) is 0 Å². The predicted molar refractivity (Wildman–Crippen MR) is 114 cm³/mol. The standard InChI is InChI=1S/C12H26O.C11H24O.Na.H/c1-4-6-7-8-9-11-12(13-3)10-5-2;1-3-5-6-7-8-10-11(12)9-4-2;;/h12H,4-11H2,1-3H3;11-12H,3-10H2,1-2H3;;/q;;+1;-1/t12-;11-;;/m00../s1. The molecule has 0 aliphatic rings. The van der Waals surface area contributed by atoms with E-state index in [1.54, 1.807) is 0 Å². The molecule has 2 nitrogen and oxygen atoms in total. The average molecular weight is 383 g/mol. The summed E-state index contributed by atoms with van der Waals surface area (Å²) in [6.45, 7) is 8.84. The summed E-state index contributed by atoms with van der Waals surface area (Å²) >= 11 is 0. The summed E-state index contributed by atoms with van der Waals surface area (Å²) in [4.78, 5) is 0.